The number of cyclic esters (lactones) is 1. The lowest BCUT2D eigenvalue weighted by molar-refractivity contribution is -0.122. The number of hydrogen-bond donors (Lipinski definition) is 1. The molecule has 1 amide bonds. The van der Waals surface area contributed by atoms with Crippen molar-refractivity contribution >= 4 is 23.5 Å². The van der Waals surface area contributed by atoms with Gasteiger partial charge in [0.1, 0.15) is 6.10 Å². The fourth-order valence-corrected chi connectivity index (χ4v) is 2.74. The largest absolute Gasteiger partial charge is 0.453 e. The van der Waals surface area contributed by atoms with Gasteiger partial charge in [-0.2, -0.15) is 0 Å². The molecule has 1 atom stereocenters. The molecule has 0 aromatic heterocycles. The van der Waals surface area contributed by atoms with Crippen LogP contribution in [0, 0.1) is 0 Å². The van der Waals surface area contributed by atoms with Crippen molar-refractivity contribution in [3.05, 3.63) is 70.2 Å². The molecule has 4 nitrogen and oxygen atoms in total. The quantitative estimate of drug-likeness (QED) is 0.856. The van der Waals surface area contributed by atoms with Crippen LogP contribution in [0.5, 0.6) is 0 Å². The van der Waals surface area contributed by atoms with E-state index in [0.717, 1.165) is 17.5 Å². The summed E-state index contributed by atoms with van der Waals surface area (Å²) in [5, 5.41) is 3.55. The Balaban J connectivity index is 1.50. The molecule has 3 rings (SSSR count). The van der Waals surface area contributed by atoms with Crippen molar-refractivity contribution in [1.29, 1.82) is 0 Å². The standard InChI is InChI=1S/C18H16ClNO3/c19-13-7-5-12(6-8-13)9-10-20-17(21)11-16-14-3-1-2-4-15(14)18(22)23-16/h1-8,16H,9-11H2,(H,20,21)/t16-/m1/s1. The van der Waals surface area contributed by atoms with Crippen LogP contribution in [-0.4, -0.2) is 18.4 Å². The van der Waals surface area contributed by atoms with E-state index >= 15 is 0 Å². The zero-order chi connectivity index (χ0) is 16.2. The van der Waals surface area contributed by atoms with E-state index in [1.54, 1.807) is 12.1 Å². The number of benzene rings is 2. The number of rotatable bonds is 5. The van der Waals surface area contributed by atoms with Crippen molar-refractivity contribution in [2.75, 3.05) is 6.54 Å². The number of carbonyl (C=O) groups excluding carboxylic acids is 2. The molecular weight excluding hydrogens is 314 g/mol. The molecule has 0 aliphatic carbocycles. The van der Waals surface area contributed by atoms with Gasteiger partial charge in [0.25, 0.3) is 0 Å². The topological polar surface area (TPSA) is 55.4 Å². The van der Waals surface area contributed by atoms with E-state index in [1.165, 1.54) is 0 Å². The summed E-state index contributed by atoms with van der Waals surface area (Å²) in [6, 6.07) is 14.7. The number of ether oxygens (including phenoxy) is 1. The number of esters is 1. The molecule has 2 aromatic rings. The Hall–Kier alpha value is -2.33. The third-order valence-corrected chi connectivity index (χ3v) is 4.05. The van der Waals surface area contributed by atoms with Gasteiger partial charge >= 0.3 is 5.97 Å². The maximum atomic E-state index is 12.0. The van der Waals surface area contributed by atoms with Crippen molar-refractivity contribution in [3.63, 3.8) is 0 Å². The molecule has 0 spiro atoms. The fourth-order valence-electron chi connectivity index (χ4n) is 2.61. The Bertz CT molecular complexity index is 727. The van der Waals surface area contributed by atoms with Gasteiger partial charge in [-0.25, -0.2) is 4.79 Å². The number of hydrogen-bond acceptors (Lipinski definition) is 3. The molecule has 0 fully saturated rings. The van der Waals surface area contributed by atoms with E-state index in [0.29, 0.717) is 17.1 Å². The van der Waals surface area contributed by atoms with Crippen LogP contribution >= 0.6 is 11.6 Å². The summed E-state index contributed by atoms with van der Waals surface area (Å²) >= 11 is 5.83. The average molecular weight is 330 g/mol. The molecular formula is C18H16ClNO3. The maximum Gasteiger partial charge on any atom is 0.339 e. The molecule has 0 saturated carbocycles. The van der Waals surface area contributed by atoms with Crippen molar-refractivity contribution < 1.29 is 14.3 Å². The summed E-state index contributed by atoms with van der Waals surface area (Å²) in [7, 11) is 0. The third-order valence-electron chi connectivity index (χ3n) is 3.80. The summed E-state index contributed by atoms with van der Waals surface area (Å²) in [4.78, 5) is 23.8. The smallest absolute Gasteiger partial charge is 0.339 e. The Morgan fingerprint density at radius 2 is 1.87 bits per heavy atom. The predicted molar refractivity (Wildman–Crippen MR) is 87.4 cm³/mol. The summed E-state index contributed by atoms with van der Waals surface area (Å²) in [5.41, 5.74) is 2.43. The van der Waals surface area contributed by atoms with E-state index in [1.807, 2.05) is 36.4 Å². The molecule has 1 N–H and O–H groups in total. The lowest BCUT2D eigenvalue weighted by Crippen LogP contribution is -2.27. The van der Waals surface area contributed by atoms with E-state index in [9.17, 15) is 9.59 Å². The summed E-state index contributed by atoms with van der Waals surface area (Å²) in [6.45, 7) is 0.531. The average Bonchev–Trinajstić information content (AvgIpc) is 2.86. The van der Waals surface area contributed by atoms with Crippen LogP contribution in [0.2, 0.25) is 5.02 Å². The molecule has 2 aromatic carbocycles. The maximum absolute atomic E-state index is 12.0. The summed E-state index contributed by atoms with van der Waals surface area (Å²) in [6.07, 6.45) is 0.377. The van der Waals surface area contributed by atoms with Gasteiger partial charge in [0.05, 0.1) is 12.0 Å². The molecule has 0 unspecified atom stereocenters. The van der Waals surface area contributed by atoms with E-state index in [-0.39, 0.29) is 18.3 Å². The minimum Gasteiger partial charge on any atom is -0.453 e. The second-order valence-electron chi connectivity index (χ2n) is 5.41. The number of amides is 1. The SMILES string of the molecule is O=C(C[C@H]1OC(=O)c2ccccc21)NCCc1ccc(Cl)cc1. The second kappa shape index (κ2) is 6.84. The minimum atomic E-state index is -0.491. The van der Waals surface area contributed by atoms with E-state index in [2.05, 4.69) is 5.32 Å². The van der Waals surface area contributed by atoms with Gasteiger partial charge < -0.3 is 10.1 Å². The first-order valence-corrected chi connectivity index (χ1v) is 7.82. The summed E-state index contributed by atoms with van der Waals surface area (Å²) in [5.74, 6) is -0.493. The zero-order valence-corrected chi connectivity index (χ0v) is 13.2. The highest BCUT2D eigenvalue weighted by molar-refractivity contribution is 6.30. The van der Waals surface area contributed by atoms with Crippen LogP contribution in [-0.2, 0) is 16.0 Å². The van der Waals surface area contributed by atoms with Crippen molar-refractivity contribution in [3.8, 4) is 0 Å². The van der Waals surface area contributed by atoms with Crippen LogP contribution in [0.25, 0.3) is 0 Å². The number of carbonyl (C=O) groups is 2. The van der Waals surface area contributed by atoms with Gasteiger partial charge in [-0.15, -0.1) is 0 Å². The monoisotopic (exact) mass is 329 g/mol. The Morgan fingerprint density at radius 3 is 2.65 bits per heavy atom. The first-order chi connectivity index (χ1) is 11.1. The van der Waals surface area contributed by atoms with Crippen molar-refractivity contribution in [1.82, 2.24) is 5.32 Å². The molecule has 0 radical (unpaired) electrons. The molecule has 1 aliphatic heterocycles. The number of fused-ring (bicyclic) bond motifs is 1. The summed E-state index contributed by atoms with van der Waals surface area (Å²) < 4.78 is 5.27. The molecule has 1 heterocycles. The van der Waals surface area contributed by atoms with Gasteiger partial charge in [-0.3, -0.25) is 4.79 Å². The van der Waals surface area contributed by atoms with Crippen LogP contribution in [0.1, 0.15) is 34.0 Å². The van der Waals surface area contributed by atoms with Crippen LogP contribution in [0.4, 0.5) is 0 Å². The van der Waals surface area contributed by atoms with Gasteiger partial charge in [-0.05, 0) is 30.2 Å². The fraction of sp³-hybridized carbons (Fsp3) is 0.222. The lowest BCUT2D eigenvalue weighted by atomic mass is 10.0. The molecule has 5 heteroatoms. The highest BCUT2D eigenvalue weighted by atomic mass is 35.5. The molecule has 0 bridgehead atoms. The van der Waals surface area contributed by atoms with Crippen LogP contribution in [0.3, 0.4) is 0 Å². The predicted octanol–water partition coefficient (Wildman–Crippen LogP) is 3.30. The molecule has 23 heavy (non-hydrogen) atoms. The van der Waals surface area contributed by atoms with Crippen molar-refractivity contribution in [2.24, 2.45) is 0 Å². The molecule has 118 valence electrons. The second-order valence-corrected chi connectivity index (χ2v) is 5.85. The minimum absolute atomic E-state index is 0.131. The van der Waals surface area contributed by atoms with E-state index < -0.39 is 6.10 Å². The van der Waals surface area contributed by atoms with Gasteiger partial charge in [-0.1, -0.05) is 41.9 Å². The zero-order valence-electron chi connectivity index (χ0n) is 12.4. The van der Waals surface area contributed by atoms with Gasteiger partial charge in [0, 0.05) is 17.1 Å². The number of halogens is 1. The van der Waals surface area contributed by atoms with E-state index in [4.69, 9.17) is 16.3 Å². The Labute approximate surface area is 139 Å². The first kappa shape index (κ1) is 15.6. The van der Waals surface area contributed by atoms with Gasteiger partial charge in [0.15, 0.2) is 0 Å². The van der Waals surface area contributed by atoms with Gasteiger partial charge in [0.2, 0.25) is 5.91 Å². The molecule has 1 aliphatic rings. The van der Waals surface area contributed by atoms with Crippen LogP contribution < -0.4 is 5.32 Å². The van der Waals surface area contributed by atoms with Crippen molar-refractivity contribution in [2.45, 2.75) is 18.9 Å². The normalized spacial score (nSPS) is 15.9. The highest BCUT2D eigenvalue weighted by Gasteiger charge is 2.31. The Kier molecular flexibility index (Phi) is 4.63. The van der Waals surface area contributed by atoms with Crippen LogP contribution in [0.15, 0.2) is 48.5 Å². The lowest BCUT2D eigenvalue weighted by Gasteiger charge is -2.11. The molecule has 0 saturated heterocycles. The first-order valence-electron chi connectivity index (χ1n) is 7.44. The number of nitrogens with one attached hydrogen (secondary N) is 1. The Morgan fingerprint density at radius 1 is 1.13 bits per heavy atom. The highest BCUT2D eigenvalue weighted by Crippen LogP contribution is 2.32. The third kappa shape index (κ3) is 3.71.